The first-order valence-electron chi connectivity index (χ1n) is 2.02. The normalized spacial score (nSPS) is 8.00. The van der Waals surface area contributed by atoms with Crippen LogP contribution in [0.3, 0.4) is 0 Å². The maximum atomic E-state index is 6.59. The van der Waals surface area contributed by atoms with E-state index in [1.54, 1.807) is 0 Å². The largest absolute Gasteiger partial charge is 0.556 e. The van der Waals surface area contributed by atoms with Gasteiger partial charge in [-0.1, -0.05) is 6.58 Å². The Morgan fingerprint density at radius 2 is 2.57 bits per heavy atom. The highest BCUT2D eigenvalue weighted by atomic mass is 28.2. The molecule has 40 valence electrons. The van der Waals surface area contributed by atoms with Gasteiger partial charge in [0, 0.05) is 12.6 Å². The average Bonchev–Trinajstić information content (AvgIpc) is 1.68. The van der Waals surface area contributed by atoms with Gasteiger partial charge < -0.3 is 9.84 Å². The third-order valence-electron chi connectivity index (χ3n) is 0.618. The molecule has 0 aromatic heterocycles. The highest BCUT2D eigenvalue weighted by molar-refractivity contribution is 5.98. The lowest BCUT2D eigenvalue weighted by Crippen LogP contribution is -1.84. The number of nitrogens with one attached hydrogen (secondary N) is 1. The lowest BCUT2D eigenvalue weighted by atomic mass is 10.4. The van der Waals surface area contributed by atoms with Gasteiger partial charge in [-0.3, -0.25) is 0 Å². The predicted molar refractivity (Wildman–Crippen MR) is 33.6 cm³/mol. The van der Waals surface area contributed by atoms with E-state index in [2.05, 4.69) is 6.58 Å². The second-order valence-electron chi connectivity index (χ2n) is 1.15. The summed E-state index contributed by atoms with van der Waals surface area (Å²) in [5.74, 6) is 0.696. The zero-order valence-corrected chi connectivity index (χ0v) is 6.40. The topological polar surface area (TPSA) is 33.1 Å². The van der Waals surface area contributed by atoms with Crippen LogP contribution < -0.4 is 0 Å². The first-order valence-corrected chi connectivity index (χ1v) is 2.83. The number of hydrogen-bond acceptors (Lipinski definition) is 2. The van der Waals surface area contributed by atoms with Crippen LogP contribution in [-0.4, -0.2) is 16.7 Å². The Balaban J connectivity index is 3.17. The molecule has 0 unspecified atom stereocenters. The average molecular weight is 115 g/mol. The van der Waals surface area contributed by atoms with E-state index in [4.69, 9.17) is 9.84 Å². The van der Waals surface area contributed by atoms with Crippen LogP contribution >= 0.6 is 0 Å². The summed E-state index contributed by atoms with van der Waals surface area (Å²) < 4.78 is 4.78. The molecule has 0 heterocycles. The highest BCUT2D eigenvalue weighted by Gasteiger charge is 1.81. The minimum atomic E-state index is 0.559. The van der Waals surface area contributed by atoms with E-state index in [1.165, 1.54) is 6.21 Å². The van der Waals surface area contributed by atoms with Gasteiger partial charge in [0.2, 0.25) is 10.5 Å². The molecule has 1 N–H and O–H groups in total. The molecule has 0 fully saturated rings. The Kier molecular flexibility index (Phi) is 3.32. The molecule has 0 saturated heterocycles. The molecule has 3 heteroatoms. The molecule has 0 saturated carbocycles. The first kappa shape index (κ1) is 6.43. The van der Waals surface area contributed by atoms with Gasteiger partial charge in [-0.15, -0.1) is 0 Å². The summed E-state index contributed by atoms with van der Waals surface area (Å²) in [6.07, 6.45) is 1.84. The molecule has 0 aromatic rings. The van der Waals surface area contributed by atoms with Crippen LogP contribution in [0.2, 0.25) is 0 Å². The minimum Gasteiger partial charge on any atom is -0.556 e. The fraction of sp³-hybridized carbons (Fsp3) is 0.250. The van der Waals surface area contributed by atoms with E-state index in [0.29, 0.717) is 22.7 Å². The van der Waals surface area contributed by atoms with Gasteiger partial charge in [-0.25, -0.2) is 0 Å². The smallest absolute Gasteiger partial charge is 0.203 e. The Bertz CT molecular complexity index is 81.8. The fourth-order valence-electron chi connectivity index (χ4n) is 0.197. The van der Waals surface area contributed by atoms with E-state index in [-0.39, 0.29) is 0 Å². The van der Waals surface area contributed by atoms with Crippen molar-refractivity contribution in [2.45, 2.75) is 6.42 Å². The molecular weight excluding hydrogens is 106 g/mol. The van der Waals surface area contributed by atoms with Gasteiger partial charge in [0.25, 0.3) is 0 Å². The molecule has 0 rings (SSSR count). The van der Waals surface area contributed by atoms with Gasteiger partial charge in [-0.2, -0.15) is 0 Å². The second kappa shape index (κ2) is 3.61. The molecule has 0 spiro atoms. The molecule has 2 nitrogen and oxygen atoms in total. The predicted octanol–water partition coefficient (Wildman–Crippen LogP) is -0.163. The monoisotopic (exact) mass is 115 g/mol. The Labute approximate surface area is 46.2 Å². The molecule has 0 aliphatic rings. The summed E-state index contributed by atoms with van der Waals surface area (Å²) in [7, 11) is 0.684. The van der Waals surface area contributed by atoms with Crippen LogP contribution in [-0.2, 0) is 4.43 Å². The van der Waals surface area contributed by atoms with Gasteiger partial charge >= 0.3 is 0 Å². The van der Waals surface area contributed by atoms with Crippen molar-refractivity contribution in [3.63, 3.8) is 0 Å². The van der Waals surface area contributed by atoms with Gasteiger partial charge in [0.05, 0.1) is 5.76 Å². The van der Waals surface area contributed by atoms with Crippen molar-refractivity contribution in [1.82, 2.24) is 0 Å². The quantitative estimate of drug-likeness (QED) is 0.309. The van der Waals surface area contributed by atoms with E-state index in [0.717, 1.165) is 0 Å². The van der Waals surface area contributed by atoms with Gasteiger partial charge in [0.15, 0.2) is 0 Å². The van der Waals surface area contributed by atoms with Crippen LogP contribution in [0.25, 0.3) is 0 Å². The Hall–Kier alpha value is -0.573. The summed E-state index contributed by atoms with van der Waals surface area (Å²) in [5.41, 5.74) is 0. The van der Waals surface area contributed by atoms with Crippen molar-refractivity contribution in [2.75, 3.05) is 0 Å². The van der Waals surface area contributed by atoms with Gasteiger partial charge in [0.1, 0.15) is 0 Å². The van der Waals surface area contributed by atoms with Crippen LogP contribution in [0, 0.1) is 5.41 Å². The van der Waals surface area contributed by atoms with Crippen LogP contribution in [0.5, 0.6) is 0 Å². The third-order valence-corrected chi connectivity index (χ3v) is 1.20. The third kappa shape index (κ3) is 3.25. The molecule has 0 bridgehead atoms. The molecule has 7 heavy (non-hydrogen) atoms. The fourth-order valence-corrected chi connectivity index (χ4v) is 0.364. The maximum Gasteiger partial charge on any atom is 0.203 e. The molecule has 0 aromatic carbocycles. The van der Waals surface area contributed by atoms with E-state index in [9.17, 15) is 0 Å². The summed E-state index contributed by atoms with van der Waals surface area (Å²) in [5, 5.41) is 6.59. The van der Waals surface area contributed by atoms with Crippen molar-refractivity contribution >= 4 is 16.7 Å². The van der Waals surface area contributed by atoms with Crippen LogP contribution in [0.1, 0.15) is 6.42 Å². The lowest BCUT2D eigenvalue weighted by Gasteiger charge is -1.96. The van der Waals surface area contributed by atoms with E-state index in [1.807, 2.05) is 0 Å². The molecule has 0 radical (unpaired) electrons. The molecule has 0 aliphatic carbocycles. The number of hydrogen-bond donors (Lipinski definition) is 1. The Morgan fingerprint density at radius 1 is 2.00 bits per heavy atom. The highest BCUT2D eigenvalue weighted by Crippen LogP contribution is 1.91. The van der Waals surface area contributed by atoms with Crippen molar-refractivity contribution in [3.8, 4) is 0 Å². The molecule has 0 atom stereocenters. The zero-order chi connectivity index (χ0) is 5.70. The van der Waals surface area contributed by atoms with Crippen LogP contribution in [0.4, 0.5) is 0 Å². The van der Waals surface area contributed by atoms with Crippen molar-refractivity contribution in [3.05, 3.63) is 12.3 Å². The number of rotatable bonds is 3. The van der Waals surface area contributed by atoms with Crippen molar-refractivity contribution in [2.24, 2.45) is 0 Å². The van der Waals surface area contributed by atoms with Gasteiger partial charge in [-0.05, 0) is 0 Å². The number of allylic oxidation sites excluding steroid dienone is 1. The van der Waals surface area contributed by atoms with E-state index < -0.39 is 0 Å². The molecule has 0 amide bonds. The summed E-state index contributed by atoms with van der Waals surface area (Å²) in [4.78, 5) is 0. The first-order chi connectivity index (χ1) is 3.31. The Morgan fingerprint density at radius 3 is 2.71 bits per heavy atom. The summed E-state index contributed by atoms with van der Waals surface area (Å²) in [6.45, 7) is 3.52. The van der Waals surface area contributed by atoms with Crippen molar-refractivity contribution in [1.29, 1.82) is 5.41 Å². The SMILES string of the molecule is C=C(CC=N)O[SiH3]. The standard InChI is InChI=1S/C4H9NOSi/c1-4(6-7)2-3-5/h3,5H,1-2H2,7H3. The summed E-state index contributed by atoms with van der Waals surface area (Å²) >= 11 is 0. The second-order valence-corrected chi connectivity index (χ2v) is 1.56. The maximum absolute atomic E-state index is 6.59. The van der Waals surface area contributed by atoms with E-state index >= 15 is 0 Å². The summed E-state index contributed by atoms with van der Waals surface area (Å²) in [6, 6.07) is 0. The van der Waals surface area contributed by atoms with Crippen LogP contribution in [0.15, 0.2) is 12.3 Å². The van der Waals surface area contributed by atoms with Crippen molar-refractivity contribution < 1.29 is 4.43 Å². The molecule has 0 aliphatic heterocycles. The lowest BCUT2D eigenvalue weighted by molar-refractivity contribution is 0.467. The minimum absolute atomic E-state index is 0.559. The molecular formula is C4H9NOSi. The zero-order valence-electron chi connectivity index (χ0n) is 4.40.